The van der Waals surface area contributed by atoms with E-state index in [1.54, 1.807) is 13.8 Å². The Balaban J connectivity index is 2.01. The number of carbonyl (C=O) groups is 2. The van der Waals surface area contributed by atoms with Gasteiger partial charge in [-0.3, -0.25) is 0 Å². The molecule has 0 bridgehead atoms. The lowest BCUT2D eigenvalue weighted by molar-refractivity contribution is -0.144. The fraction of sp³-hybridized carbons (Fsp3) is 0.357. The van der Waals surface area contributed by atoms with Crippen LogP contribution in [-0.4, -0.2) is 37.4 Å². The molecule has 0 saturated carbocycles. The van der Waals surface area contributed by atoms with E-state index < -0.39 is 11.9 Å². The summed E-state index contributed by atoms with van der Waals surface area (Å²) in [5.74, 6) is 0.747. The molecule has 2 aromatic rings. The Bertz CT molecular complexity index is 944. The van der Waals surface area contributed by atoms with Crippen LogP contribution in [0.25, 0.3) is 0 Å². The van der Waals surface area contributed by atoms with Crippen molar-refractivity contribution in [3.05, 3.63) is 84.0 Å². The molecule has 0 fully saturated rings. The van der Waals surface area contributed by atoms with Crippen LogP contribution >= 0.6 is 0 Å². The van der Waals surface area contributed by atoms with Crippen LogP contribution < -0.4 is 9.47 Å². The van der Waals surface area contributed by atoms with Gasteiger partial charge in [0.1, 0.15) is 36.9 Å². The van der Waals surface area contributed by atoms with Gasteiger partial charge in [0, 0.05) is 18.1 Å². The summed E-state index contributed by atoms with van der Waals surface area (Å²) in [6.07, 6.45) is 1.54. The Morgan fingerprint density at radius 3 is 1.47 bits per heavy atom. The molecule has 6 nitrogen and oxygen atoms in total. The standard InChI is InChI=1S/C28H34O6/c1-8-27(29)33-20(5)16-31-25-12-10-23(14-18(25)3)22(7)24-11-13-26(19(4)15-24)32-17-21(6)34-28(30)9-2/h8-15,20-22H,1-2,16-17H2,3-7H3. The number of rotatable bonds is 12. The molecule has 2 atom stereocenters. The van der Waals surface area contributed by atoms with Crippen molar-refractivity contribution in [1.29, 1.82) is 0 Å². The summed E-state index contributed by atoms with van der Waals surface area (Å²) >= 11 is 0. The molecule has 0 aliphatic carbocycles. The van der Waals surface area contributed by atoms with Crippen LogP contribution in [0.5, 0.6) is 11.5 Å². The van der Waals surface area contributed by atoms with Crippen LogP contribution in [0.1, 0.15) is 48.9 Å². The van der Waals surface area contributed by atoms with Crippen molar-refractivity contribution in [2.45, 2.75) is 52.7 Å². The van der Waals surface area contributed by atoms with Crippen molar-refractivity contribution < 1.29 is 28.5 Å². The molecule has 0 aliphatic rings. The molecule has 2 aromatic carbocycles. The molecule has 2 unspecified atom stereocenters. The van der Waals surface area contributed by atoms with Crippen LogP contribution in [-0.2, 0) is 19.1 Å². The minimum Gasteiger partial charge on any atom is -0.489 e. The Morgan fingerprint density at radius 2 is 1.15 bits per heavy atom. The quantitative estimate of drug-likeness (QED) is 0.306. The lowest BCUT2D eigenvalue weighted by Crippen LogP contribution is -2.21. The normalized spacial score (nSPS) is 13.2. The third kappa shape index (κ3) is 7.80. The van der Waals surface area contributed by atoms with Gasteiger partial charge in [-0.15, -0.1) is 0 Å². The highest BCUT2D eigenvalue weighted by Crippen LogP contribution is 2.31. The number of ether oxygens (including phenoxy) is 4. The molecule has 0 saturated heterocycles. The average Bonchev–Trinajstić information content (AvgIpc) is 2.81. The van der Waals surface area contributed by atoms with E-state index in [-0.39, 0.29) is 31.3 Å². The van der Waals surface area contributed by atoms with E-state index in [4.69, 9.17) is 18.9 Å². The molecule has 0 amide bonds. The number of hydrogen-bond donors (Lipinski definition) is 0. The van der Waals surface area contributed by atoms with E-state index in [2.05, 4.69) is 32.2 Å². The number of hydrogen-bond acceptors (Lipinski definition) is 6. The topological polar surface area (TPSA) is 71.1 Å². The molecule has 0 aromatic heterocycles. The lowest BCUT2D eigenvalue weighted by atomic mass is 9.91. The highest BCUT2D eigenvalue weighted by atomic mass is 16.6. The first-order valence-electron chi connectivity index (χ1n) is 11.3. The molecule has 2 rings (SSSR count). The second-order valence-corrected chi connectivity index (χ2v) is 8.30. The van der Waals surface area contributed by atoms with Gasteiger partial charge in [0.15, 0.2) is 0 Å². The molecule has 0 spiro atoms. The van der Waals surface area contributed by atoms with Crippen molar-refractivity contribution in [3.8, 4) is 11.5 Å². The van der Waals surface area contributed by atoms with E-state index in [0.717, 1.165) is 45.9 Å². The SMILES string of the molecule is C=CC(=O)OC(C)COc1ccc(C(C)c2ccc(OCC(C)OC(=O)C=C)c(C)c2)cc1C. The highest BCUT2D eigenvalue weighted by Gasteiger charge is 2.14. The average molecular weight is 467 g/mol. The lowest BCUT2D eigenvalue weighted by Gasteiger charge is -2.19. The first-order chi connectivity index (χ1) is 16.1. The van der Waals surface area contributed by atoms with Gasteiger partial charge in [-0.25, -0.2) is 9.59 Å². The van der Waals surface area contributed by atoms with Gasteiger partial charge < -0.3 is 18.9 Å². The van der Waals surface area contributed by atoms with Gasteiger partial charge in [0.2, 0.25) is 0 Å². The van der Waals surface area contributed by atoms with Crippen molar-refractivity contribution in [2.24, 2.45) is 0 Å². The van der Waals surface area contributed by atoms with Gasteiger partial charge >= 0.3 is 11.9 Å². The summed E-state index contributed by atoms with van der Waals surface area (Å²) in [4.78, 5) is 22.6. The van der Waals surface area contributed by atoms with E-state index in [0.29, 0.717) is 0 Å². The maximum absolute atomic E-state index is 11.3. The zero-order chi connectivity index (χ0) is 25.3. The Labute approximate surface area is 202 Å². The van der Waals surface area contributed by atoms with E-state index in [1.165, 1.54) is 0 Å². The number of benzene rings is 2. The minimum atomic E-state index is -0.464. The zero-order valence-corrected chi connectivity index (χ0v) is 20.6. The molecule has 182 valence electrons. The highest BCUT2D eigenvalue weighted by molar-refractivity contribution is 5.81. The number of esters is 2. The molecule has 6 heteroatoms. The molecule has 34 heavy (non-hydrogen) atoms. The van der Waals surface area contributed by atoms with Crippen LogP contribution in [0.15, 0.2) is 61.7 Å². The van der Waals surface area contributed by atoms with Crippen molar-refractivity contribution in [1.82, 2.24) is 0 Å². The van der Waals surface area contributed by atoms with Crippen LogP contribution in [0, 0.1) is 13.8 Å². The number of carbonyl (C=O) groups excluding carboxylic acids is 2. The van der Waals surface area contributed by atoms with E-state index in [9.17, 15) is 9.59 Å². The van der Waals surface area contributed by atoms with Gasteiger partial charge in [-0.05, 0) is 62.1 Å². The summed E-state index contributed by atoms with van der Waals surface area (Å²) in [6.45, 7) is 17.0. The zero-order valence-electron chi connectivity index (χ0n) is 20.6. The summed E-state index contributed by atoms with van der Waals surface area (Å²) in [5, 5.41) is 0. The number of aryl methyl sites for hydroxylation is 2. The third-order valence-electron chi connectivity index (χ3n) is 5.31. The fourth-order valence-corrected chi connectivity index (χ4v) is 3.38. The first-order valence-corrected chi connectivity index (χ1v) is 11.3. The summed E-state index contributed by atoms with van der Waals surface area (Å²) in [6, 6.07) is 12.2. The molecular weight excluding hydrogens is 432 g/mol. The summed E-state index contributed by atoms with van der Waals surface area (Å²) < 4.78 is 21.9. The van der Waals surface area contributed by atoms with Crippen LogP contribution in [0.2, 0.25) is 0 Å². The molecule has 0 N–H and O–H groups in total. The van der Waals surface area contributed by atoms with Crippen molar-refractivity contribution in [2.75, 3.05) is 13.2 Å². The summed E-state index contributed by atoms with van der Waals surface area (Å²) in [5.41, 5.74) is 4.33. The molecule has 0 heterocycles. The van der Waals surface area contributed by atoms with Gasteiger partial charge in [-0.2, -0.15) is 0 Å². The third-order valence-corrected chi connectivity index (χ3v) is 5.31. The fourth-order valence-electron chi connectivity index (χ4n) is 3.38. The molecule has 0 aliphatic heterocycles. The van der Waals surface area contributed by atoms with Gasteiger partial charge in [0.25, 0.3) is 0 Å². The Hall–Kier alpha value is -3.54. The predicted molar refractivity (Wildman–Crippen MR) is 132 cm³/mol. The van der Waals surface area contributed by atoms with Crippen LogP contribution in [0.3, 0.4) is 0 Å². The molecular formula is C28H34O6. The van der Waals surface area contributed by atoms with Crippen molar-refractivity contribution in [3.63, 3.8) is 0 Å². The van der Waals surface area contributed by atoms with Gasteiger partial charge in [-0.1, -0.05) is 44.3 Å². The second-order valence-electron chi connectivity index (χ2n) is 8.30. The van der Waals surface area contributed by atoms with Crippen LogP contribution in [0.4, 0.5) is 0 Å². The smallest absolute Gasteiger partial charge is 0.330 e. The summed E-state index contributed by atoms with van der Waals surface area (Å²) in [7, 11) is 0. The largest absolute Gasteiger partial charge is 0.489 e. The molecule has 0 radical (unpaired) electrons. The van der Waals surface area contributed by atoms with E-state index >= 15 is 0 Å². The maximum Gasteiger partial charge on any atom is 0.330 e. The second kappa shape index (κ2) is 12.6. The minimum absolute atomic E-state index is 0.167. The Morgan fingerprint density at radius 1 is 0.765 bits per heavy atom. The predicted octanol–water partition coefficient (Wildman–Crippen LogP) is 5.45. The first kappa shape index (κ1) is 26.7. The van der Waals surface area contributed by atoms with Crippen molar-refractivity contribution >= 4 is 11.9 Å². The maximum atomic E-state index is 11.3. The van der Waals surface area contributed by atoms with Gasteiger partial charge in [0.05, 0.1) is 0 Å². The Kier molecular flexibility index (Phi) is 9.92. The monoisotopic (exact) mass is 466 g/mol. The van der Waals surface area contributed by atoms with E-state index in [1.807, 2.05) is 38.1 Å².